The van der Waals surface area contributed by atoms with Gasteiger partial charge in [-0.05, 0) is 6.92 Å². The maximum atomic E-state index is 8.84. The van der Waals surface area contributed by atoms with E-state index in [0.29, 0.717) is 32.3 Å². The number of nitrogens with zero attached hydrogens (tertiary/aromatic N) is 5. The highest BCUT2D eigenvalue weighted by Crippen LogP contribution is 2.16. The number of hydrogen-bond donors (Lipinski definition) is 1. The fourth-order valence-electron chi connectivity index (χ4n) is 1.61. The number of nitrogen functional groups attached to an aromatic ring is 1. The van der Waals surface area contributed by atoms with Crippen LogP contribution in [0.1, 0.15) is 6.92 Å². The first-order valence-electron chi connectivity index (χ1n) is 5.63. The first-order chi connectivity index (χ1) is 8.72. The van der Waals surface area contributed by atoms with Crippen molar-refractivity contribution in [3.05, 3.63) is 0 Å². The van der Waals surface area contributed by atoms with Crippen LogP contribution in [-0.2, 0) is 4.74 Å². The molecule has 1 aromatic heterocycles. The third kappa shape index (κ3) is 2.75. The van der Waals surface area contributed by atoms with Gasteiger partial charge in [-0.1, -0.05) is 0 Å². The molecule has 1 saturated heterocycles. The summed E-state index contributed by atoms with van der Waals surface area (Å²) in [4.78, 5) is 13.9. The quantitative estimate of drug-likeness (QED) is 0.770. The summed E-state index contributed by atoms with van der Waals surface area (Å²) in [6, 6.07) is 2.25. The standard InChI is InChI=1S/C10H14N6O2/c1-2-17-10-14-8(12)13-9(15-10)16-3-4-18-7(5-11)6-16/h7H,2-4,6H2,1H3,(H2,12,13,14,15). The molecule has 8 nitrogen and oxygen atoms in total. The van der Waals surface area contributed by atoms with E-state index in [9.17, 15) is 0 Å². The van der Waals surface area contributed by atoms with Crippen molar-refractivity contribution in [1.82, 2.24) is 15.0 Å². The van der Waals surface area contributed by atoms with Gasteiger partial charge in [-0.3, -0.25) is 0 Å². The zero-order chi connectivity index (χ0) is 13.0. The SMILES string of the molecule is CCOc1nc(N)nc(N2CCOC(C#N)C2)n1. The van der Waals surface area contributed by atoms with Crippen molar-refractivity contribution in [2.75, 3.05) is 36.9 Å². The third-order valence-electron chi connectivity index (χ3n) is 2.39. The molecule has 2 N–H and O–H groups in total. The van der Waals surface area contributed by atoms with Gasteiger partial charge in [0.2, 0.25) is 11.9 Å². The van der Waals surface area contributed by atoms with Crippen LogP contribution in [0, 0.1) is 11.3 Å². The summed E-state index contributed by atoms with van der Waals surface area (Å²) in [5.41, 5.74) is 5.60. The van der Waals surface area contributed by atoms with Crippen molar-refractivity contribution in [2.45, 2.75) is 13.0 Å². The molecule has 1 unspecified atom stereocenters. The lowest BCUT2D eigenvalue weighted by molar-refractivity contribution is 0.0757. The van der Waals surface area contributed by atoms with E-state index < -0.39 is 6.10 Å². The van der Waals surface area contributed by atoms with Crippen molar-refractivity contribution in [3.63, 3.8) is 0 Å². The van der Waals surface area contributed by atoms with Gasteiger partial charge in [-0.25, -0.2) is 0 Å². The average Bonchev–Trinajstić information content (AvgIpc) is 2.38. The van der Waals surface area contributed by atoms with Gasteiger partial charge >= 0.3 is 6.01 Å². The molecule has 0 radical (unpaired) electrons. The summed E-state index contributed by atoms with van der Waals surface area (Å²) in [5, 5.41) is 8.84. The molecule has 1 atom stereocenters. The monoisotopic (exact) mass is 250 g/mol. The van der Waals surface area contributed by atoms with Gasteiger partial charge in [0.25, 0.3) is 0 Å². The number of ether oxygens (including phenoxy) is 2. The van der Waals surface area contributed by atoms with Crippen LogP contribution in [0.2, 0.25) is 0 Å². The van der Waals surface area contributed by atoms with Crippen LogP contribution in [0.25, 0.3) is 0 Å². The van der Waals surface area contributed by atoms with E-state index in [0.717, 1.165) is 0 Å². The molecule has 2 rings (SSSR count). The summed E-state index contributed by atoms with van der Waals surface area (Å²) < 4.78 is 10.5. The molecule has 0 spiro atoms. The van der Waals surface area contributed by atoms with Crippen molar-refractivity contribution in [1.29, 1.82) is 5.26 Å². The zero-order valence-electron chi connectivity index (χ0n) is 10.0. The van der Waals surface area contributed by atoms with E-state index in [4.69, 9.17) is 20.5 Å². The Bertz CT molecular complexity index is 460. The second-order valence-corrected chi connectivity index (χ2v) is 3.64. The predicted molar refractivity (Wildman–Crippen MR) is 63.0 cm³/mol. The van der Waals surface area contributed by atoms with Gasteiger partial charge in [0.05, 0.1) is 25.8 Å². The average molecular weight is 250 g/mol. The first kappa shape index (κ1) is 12.3. The lowest BCUT2D eigenvalue weighted by atomic mass is 10.3. The minimum absolute atomic E-state index is 0.100. The molecule has 1 aromatic rings. The molecule has 2 heterocycles. The van der Waals surface area contributed by atoms with E-state index >= 15 is 0 Å². The van der Waals surface area contributed by atoms with E-state index in [-0.39, 0.29) is 12.0 Å². The van der Waals surface area contributed by atoms with Crippen LogP contribution in [0.5, 0.6) is 6.01 Å². The molecule has 1 fully saturated rings. The number of rotatable bonds is 3. The normalized spacial score (nSPS) is 19.3. The molecule has 18 heavy (non-hydrogen) atoms. The van der Waals surface area contributed by atoms with Crippen LogP contribution in [0.4, 0.5) is 11.9 Å². The maximum Gasteiger partial charge on any atom is 0.323 e. The van der Waals surface area contributed by atoms with E-state index in [2.05, 4.69) is 21.0 Å². The predicted octanol–water partition coefficient (Wildman–Crippen LogP) is -0.419. The summed E-state index contributed by atoms with van der Waals surface area (Å²) >= 11 is 0. The minimum atomic E-state index is -0.479. The molecule has 1 aliphatic heterocycles. The van der Waals surface area contributed by atoms with Gasteiger partial charge < -0.3 is 20.1 Å². The summed E-state index contributed by atoms with van der Waals surface area (Å²) in [6.45, 7) is 3.75. The molecule has 1 aliphatic rings. The van der Waals surface area contributed by atoms with Gasteiger partial charge in [0.1, 0.15) is 0 Å². The highest BCUT2D eigenvalue weighted by atomic mass is 16.5. The number of hydrogen-bond acceptors (Lipinski definition) is 8. The number of aromatic nitrogens is 3. The van der Waals surface area contributed by atoms with Crippen molar-refractivity contribution in [2.24, 2.45) is 0 Å². The van der Waals surface area contributed by atoms with Gasteiger partial charge in [0.15, 0.2) is 6.10 Å². The summed E-state index contributed by atoms with van der Waals surface area (Å²) in [7, 11) is 0. The Morgan fingerprint density at radius 3 is 3.11 bits per heavy atom. The highest BCUT2D eigenvalue weighted by molar-refractivity contribution is 5.37. The Balaban J connectivity index is 2.19. The first-order valence-corrected chi connectivity index (χ1v) is 5.63. The fraction of sp³-hybridized carbons (Fsp3) is 0.600. The van der Waals surface area contributed by atoms with Crippen molar-refractivity contribution in [3.8, 4) is 12.1 Å². The highest BCUT2D eigenvalue weighted by Gasteiger charge is 2.23. The second kappa shape index (κ2) is 5.46. The molecule has 0 bridgehead atoms. The Labute approximate surface area is 104 Å². The van der Waals surface area contributed by atoms with Gasteiger partial charge in [0, 0.05) is 6.54 Å². The molecule has 0 saturated carbocycles. The molecule has 96 valence electrons. The summed E-state index contributed by atoms with van der Waals surface area (Å²) in [5.74, 6) is 0.512. The zero-order valence-corrected chi connectivity index (χ0v) is 10.0. The Hall–Kier alpha value is -2.14. The summed E-state index contributed by atoms with van der Waals surface area (Å²) in [6.07, 6.45) is -0.479. The topological polar surface area (TPSA) is 110 Å². The van der Waals surface area contributed by atoms with Crippen LogP contribution in [0.3, 0.4) is 0 Å². The van der Waals surface area contributed by atoms with Crippen molar-refractivity contribution >= 4 is 11.9 Å². The van der Waals surface area contributed by atoms with E-state index in [1.54, 1.807) is 0 Å². The number of anilines is 2. The molecule has 0 aromatic carbocycles. The van der Waals surface area contributed by atoms with Crippen LogP contribution in [-0.4, -0.2) is 47.4 Å². The number of nitrogens with two attached hydrogens (primary N) is 1. The van der Waals surface area contributed by atoms with E-state index in [1.165, 1.54) is 0 Å². The lowest BCUT2D eigenvalue weighted by Crippen LogP contribution is -2.42. The van der Waals surface area contributed by atoms with Crippen LogP contribution in [0.15, 0.2) is 0 Å². The molecular formula is C10H14N6O2. The third-order valence-corrected chi connectivity index (χ3v) is 2.39. The molecule has 0 amide bonds. The van der Waals surface area contributed by atoms with Crippen LogP contribution >= 0.6 is 0 Å². The largest absolute Gasteiger partial charge is 0.464 e. The smallest absolute Gasteiger partial charge is 0.323 e. The van der Waals surface area contributed by atoms with E-state index in [1.807, 2.05) is 11.8 Å². The van der Waals surface area contributed by atoms with Crippen molar-refractivity contribution < 1.29 is 9.47 Å². The van der Waals surface area contributed by atoms with Gasteiger partial charge in [-0.15, -0.1) is 0 Å². The Morgan fingerprint density at radius 1 is 1.56 bits per heavy atom. The second-order valence-electron chi connectivity index (χ2n) is 3.64. The maximum absolute atomic E-state index is 8.84. The number of nitriles is 1. The van der Waals surface area contributed by atoms with Gasteiger partial charge in [-0.2, -0.15) is 20.2 Å². The molecular weight excluding hydrogens is 236 g/mol. The van der Waals surface area contributed by atoms with Crippen LogP contribution < -0.4 is 15.4 Å². The molecule has 8 heteroatoms. The minimum Gasteiger partial charge on any atom is -0.464 e. The lowest BCUT2D eigenvalue weighted by Gasteiger charge is -2.29. The molecule has 0 aliphatic carbocycles. The Kier molecular flexibility index (Phi) is 3.74. The Morgan fingerprint density at radius 2 is 2.39 bits per heavy atom. The number of morpholine rings is 1. The fourth-order valence-corrected chi connectivity index (χ4v) is 1.61.